The smallest absolute Gasteiger partial charge is 0.310 e. The summed E-state index contributed by atoms with van der Waals surface area (Å²) in [6.45, 7) is 8.25. The lowest BCUT2D eigenvalue weighted by Crippen LogP contribution is -2.35. The van der Waals surface area contributed by atoms with Crippen molar-refractivity contribution in [3.05, 3.63) is 99.3 Å². The van der Waals surface area contributed by atoms with E-state index in [2.05, 4.69) is 38.1 Å². The van der Waals surface area contributed by atoms with E-state index in [4.69, 9.17) is 9.15 Å². The highest BCUT2D eigenvalue weighted by atomic mass is 16.5. The molecule has 0 N–H and O–H groups in total. The van der Waals surface area contributed by atoms with Gasteiger partial charge in [-0.15, -0.1) is 0 Å². The topological polar surface area (TPSA) is 73.6 Å². The molecule has 2 aromatic carbocycles. The summed E-state index contributed by atoms with van der Waals surface area (Å²) in [5.74, 6) is 0.148. The maximum atomic E-state index is 13.9. The zero-order chi connectivity index (χ0) is 27.7. The standard InChI is InChI=1S/C34H34O5/c1-5-22-8-10-23(11-9-22)31-30(34(37)38-6-2)21(4)16-24-17-25(33(36)32(24)31)18-27-12-14-29(39-27)28-13-7-20(3)15-26(28)19-35/h7-15,18-19,21,30-31H,5-6,16-17H2,1-4H3. The van der Waals surface area contributed by atoms with E-state index in [1.807, 2.05) is 44.2 Å². The van der Waals surface area contributed by atoms with Crippen LogP contribution in [0.25, 0.3) is 17.4 Å². The number of hydrogen-bond acceptors (Lipinski definition) is 5. The minimum absolute atomic E-state index is 0.0300. The average Bonchev–Trinajstić information content (AvgIpc) is 3.52. The SMILES string of the molecule is CCOC(=O)C1C(C)CC2=C(C(=O)C(=Cc3ccc(-c4ccc(C)cc4C=O)o3)C2)C1c1ccc(CC)cc1. The van der Waals surface area contributed by atoms with Crippen LogP contribution in [0.4, 0.5) is 0 Å². The van der Waals surface area contributed by atoms with Crippen molar-refractivity contribution in [1.82, 2.24) is 0 Å². The predicted molar refractivity (Wildman–Crippen MR) is 151 cm³/mol. The van der Waals surface area contributed by atoms with Crippen LogP contribution in [0.1, 0.15) is 72.3 Å². The molecule has 5 heteroatoms. The van der Waals surface area contributed by atoms with Gasteiger partial charge in [-0.05, 0) is 74.4 Å². The predicted octanol–water partition coefficient (Wildman–Crippen LogP) is 7.29. The van der Waals surface area contributed by atoms with Gasteiger partial charge in [0.15, 0.2) is 12.1 Å². The van der Waals surface area contributed by atoms with E-state index in [1.165, 1.54) is 5.56 Å². The van der Waals surface area contributed by atoms with E-state index < -0.39 is 5.92 Å². The third-order valence-corrected chi connectivity index (χ3v) is 8.02. The molecule has 0 amide bonds. The number of esters is 1. The number of furan rings is 1. The van der Waals surface area contributed by atoms with Crippen LogP contribution in [0.15, 0.2) is 75.7 Å². The lowest BCUT2D eigenvalue weighted by molar-refractivity contribution is -0.150. The molecule has 1 heterocycles. The number of Topliss-reactive ketones (excluding diaryl/α,β-unsaturated/α-hetero) is 1. The molecule has 2 aliphatic rings. The van der Waals surface area contributed by atoms with Crippen molar-refractivity contribution >= 4 is 24.1 Å². The van der Waals surface area contributed by atoms with E-state index in [1.54, 1.807) is 6.08 Å². The maximum absolute atomic E-state index is 13.9. The van der Waals surface area contributed by atoms with Crippen LogP contribution in [-0.2, 0) is 20.7 Å². The molecular formula is C34H34O5. The number of rotatable bonds is 7. The summed E-state index contributed by atoms with van der Waals surface area (Å²) in [7, 11) is 0. The van der Waals surface area contributed by atoms with Crippen LogP contribution in [0.3, 0.4) is 0 Å². The first-order valence-corrected chi connectivity index (χ1v) is 13.7. The van der Waals surface area contributed by atoms with Crippen molar-refractivity contribution < 1.29 is 23.5 Å². The summed E-state index contributed by atoms with van der Waals surface area (Å²) in [6, 6.07) is 17.6. The van der Waals surface area contributed by atoms with Crippen molar-refractivity contribution in [3.63, 3.8) is 0 Å². The zero-order valence-corrected chi connectivity index (χ0v) is 23.0. The molecule has 2 aliphatic carbocycles. The normalized spacial score (nSPS) is 21.8. The zero-order valence-electron chi connectivity index (χ0n) is 23.0. The molecule has 0 fully saturated rings. The molecule has 0 spiro atoms. The van der Waals surface area contributed by atoms with Crippen LogP contribution >= 0.6 is 0 Å². The first kappa shape index (κ1) is 26.6. The van der Waals surface area contributed by atoms with Crippen molar-refractivity contribution in [2.24, 2.45) is 11.8 Å². The summed E-state index contributed by atoms with van der Waals surface area (Å²) in [5, 5.41) is 0. The van der Waals surface area contributed by atoms with Gasteiger partial charge in [-0.1, -0.05) is 61.4 Å². The third-order valence-electron chi connectivity index (χ3n) is 8.02. The van der Waals surface area contributed by atoms with Gasteiger partial charge in [0, 0.05) is 28.2 Å². The molecular weight excluding hydrogens is 488 g/mol. The average molecular weight is 523 g/mol. The fourth-order valence-electron chi connectivity index (χ4n) is 6.11. The lowest BCUT2D eigenvalue weighted by Gasteiger charge is -2.36. The fourth-order valence-corrected chi connectivity index (χ4v) is 6.11. The first-order chi connectivity index (χ1) is 18.8. The lowest BCUT2D eigenvalue weighted by atomic mass is 9.67. The third kappa shape index (κ3) is 5.06. The number of aryl methyl sites for hydroxylation is 2. The van der Waals surface area contributed by atoms with Gasteiger partial charge in [-0.25, -0.2) is 0 Å². The van der Waals surface area contributed by atoms with Gasteiger partial charge in [0.1, 0.15) is 11.5 Å². The van der Waals surface area contributed by atoms with Gasteiger partial charge in [-0.3, -0.25) is 14.4 Å². The van der Waals surface area contributed by atoms with Crippen LogP contribution in [0, 0.1) is 18.8 Å². The molecule has 39 heavy (non-hydrogen) atoms. The van der Waals surface area contributed by atoms with Crippen molar-refractivity contribution in [3.8, 4) is 11.3 Å². The van der Waals surface area contributed by atoms with E-state index in [0.29, 0.717) is 42.1 Å². The van der Waals surface area contributed by atoms with Crippen LogP contribution < -0.4 is 0 Å². The molecule has 200 valence electrons. The molecule has 0 aliphatic heterocycles. The van der Waals surface area contributed by atoms with Crippen molar-refractivity contribution in [1.29, 1.82) is 0 Å². The molecule has 0 bridgehead atoms. The number of hydrogen-bond donors (Lipinski definition) is 0. The molecule has 3 atom stereocenters. The van der Waals surface area contributed by atoms with E-state index in [9.17, 15) is 14.4 Å². The first-order valence-electron chi connectivity index (χ1n) is 13.7. The van der Waals surface area contributed by atoms with E-state index in [0.717, 1.165) is 40.5 Å². The molecule has 3 aromatic rings. The Morgan fingerprint density at radius 1 is 1.08 bits per heavy atom. The fraction of sp³-hybridized carbons (Fsp3) is 0.324. The summed E-state index contributed by atoms with van der Waals surface area (Å²) in [4.78, 5) is 38.7. The van der Waals surface area contributed by atoms with Gasteiger partial charge < -0.3 is 9.15 Å². The van der Waals surface area contributed by atoms with Gasteiger partial charge in [-0.2, -0.15) is 0 Å². The number of carbonyl (C=O) groups is 3. The molecule has 1 aromatic heterocycles. The molecule has 0 saturated heterocycles. The largest absolute Gasteiger partial charge is 0.466 e. The Bertz CT molecular complexity index is 1480. The molecule has 0 radical (unpaired) electrons. The summed E-state index contributed by atoms with van der Waals surface area (Å²) in [6.07, 6.45) is 4.78. The number of ether oxygens (including phenoxy) is 1. The highest BCUT2D eigenvalue weighted by Crippen LogP contribution is 2.51. The molecule has 3 unspecified atom stereocenters. The maximum Gasteiger partial charge on any atom is 0.310 e. The summed E-state index contributed by atoms with van der Waals surface area (Å²) in [5.41, 5.74) is 6.95. The minimum Gasteiger partial charge on any atom is -0.466 e. The molecule has 0 saturated carbocycles. The highest BCUT2D eigenvalue weighted by Gasteiger charge is 2.47. The quantitative estimate of drug-likeness (QED) is 0.185. The molecule has 5 nitrogen and oxygen atoms in total. The van der Waals surface area contributed by atoms with Crippen LogP contribution in [0.2, 0.25) is 0 Å². The summed E-state index contributed by atoms with van der Waals surface area (Å²) < 4.78 is 11.6. The second kappa shape index (κ2) is 11.0. The Balaban J connectivity index is 1.50. The van der Waals surface area contributed by atoms with Crippen molar-refractivity contribution in [2.45, 2.75) is 52.9 Å². The number of allylic oxidation sites excluding steroid dienone is 3. The van der Waals surface area contributed by atoms with E-state index >= 15 is 0 Å². The number of ketones is 1. The van der Waals surface area contributed by atoms with Crippen LogP contribution in [0.5, 0.6) is 0 Å². The number of carbonyl (C=O) groups excluding carboxylic acids is 3. The summed E-state index contributed by atoms with van der Waals surface area (Å²) >= 11 is 0. The van der Waals surface area contributed by atoms with Gasteiger partial charge >= 0.3 is 5.97 Å². The molecule has 5 rings (SSSR count). The van der Waals surface area contributed by atoms with Gasteiger partial charge in [0.05, 0.1) is 12.5 Å². The minimum atomic E-state index is -0.419. The Hall–Kier alpha value is -3.99. The Morgan fingerprint density at radius 3 is 2.54 bits per heavy atom. The van der Waals surface area contributed by atoms with Crippen LogP contribution in [-0.4, -0.2) is 24.6 Å². The highest BCUT2D eigenvalue weighted by molar-refractivity contribution is 6.15. The second-order valence-corrected chi connectivity index (χ2v) is 10.6. The Kier molecular flexibility index (Phi) is 7.51. The van der Waals surface area contributed by atoms with E-state index in [-0.39, 0.29) is 23.6 Å². The van der Waals surface area contributed by atoms with Crippen molar-refractivity contribution in [2.75, 3.05) is 6.61 Å². The van der Waals surface area contributed by atoms with Gasteiger partial charge in [0.2, 0.25) is 0 Å². The Morgan fingerprint density at radius 2 is 1.85 bits per heavy atom. The monoisotopic (exact) mass is 522 g/mol. The van der Waals surface area contributed by atoms with Gasteiger partial charge in [0.25, 0.3) is 0 Å². The second-order valence-electron chi connectivity index (χ2n) is 10.6. The Labute approximate surface area is 229 Å². The number of aldehydes is 1. The number of benzene rings is 2.